The molecule has 0 bridgehead atoms. The van der Waals surface area contributed by atoms with Crippen molar-refractivity contribution in [1.82, 2.24) is 14.9 Å². The van der Waals surface area contributed by atoms with E-state index >= 15 is 0 Å². The molecule has 0 aliphatic carbocycles. The number of hydrogen-bond acceptors (Lipinski definition) is 7. The van der Waals surface area contributed by atoms with Crippen LogP contribution in [0.25, 0.3) is 11.0 Å². The lowest BCUT2D eigenvalue weighted by Crippen LogP contribution is -2.25. The molecule has 4 aromatic rings. The number of hydrogen-bond donors (Lipinski definition) is 1. The quantitative estimate of drug-likeness (QED) is 0.378. The maximum atomic E-state index is 11.8. The van der Waals surface area contributed by atoms with Crippen molar-refractivity contribution in [2.24, 2.45) is 7.05 Å². The number of imidazole rings is 1. The van der Waals surface area contributed by atoms with Gasteiger partial charge in [0.1, 0.15) is 35.4 Å². The number of thioether (sulfide) groups is 1. The number of fused-ring (bicyclic) bond motifs is 1. The first-order chi connectivity index (χ1) is 17.0. The third kappa shape index (κ3) is 5.09. The molecule has 35 heavy (non-hydrogen) atoms. The van der Waals surface area contributed by atoms with Crippen molar-refractivity contribution in [3.8, 4) is 23.0 Å². The van der Waals surface area contributed by atoms with E-state index in [0.29, 0.717) is 24.5 Å². The molecule has 1 unspecified atom stereocenters. The first-order valence-corrected chi connectivity index (χ1v) is 11.9. The molecule has 1 atom stereocenters. The average Bonchev–Trinajstić information content (AvgIpc) is 3.36. The smallest absolute Gasteiger partial charge is 0.286 e. The minimum Gasteiger partial charge on any atom is -0.497 e. The molecule has 1 fully saturated rings. The second kappa shape index (κ2) is 9.71. The monoisotopic (exact) mass is 489 g/mol. The summed E-state index contributed by atoms with van der Waals surface area (Å²) in [7, 11) is 3.57. The summed E-state index contributed by atoms with van der Waals surface area (Å²) in [5, 5.41) is 1.64. The van der Waals surface area contributed by atoms with Gasteiger partial charge < -0.3 is 18.8 Å². The summed E-state index contributed by atoms with van der Waals surface area (Å²) < 4.78 is 19.1. The standard InChI is InChI=1S/C26H23N3O5S/c1-29-22-14-20(34-19-9-7-17(32-2)8-10-19)11-12-21(22)27-24(29)15-33-18-5-3-16(4-6-18)13-23-25(30)28-26(31)35-23/h3-12,14,23H,13,15H2,1-2H3,(H,28,30,31). The van der Waals surface area contributed by atoms with Gasteiger partial charge in [-0.15, -0.1) is 0 Å². The molecular weight excluding hydrogens is 466 g/mol. The Morgan fingerprint density at radius 3 is 2.31 bits per heavy atom. The molecule has 0 spiro atoms. The van der Waals surface area contributed by atoms with Crippen molar-refractivity contribution < 1.29 is 23.8 Å². The van der Waals surface area contributed by atoms with Crippen LogP contribution in [0.4, 0.5) is 4.79 Å². The molecule has 9 heteroatoms. The van der Waals surface area contributed by atoms with Gasteiger partial charge in [-0.25, -0.2) is 4.98 Å². The van der Waals surface area contributed by atoms with Gasteiger partial charge in [0.15, 0.2) is 0 Å². The maximum Gasteiger partial charge on any atom is 0.286 e. The Morgan fingerprint density at radius 2 is 1.63 bits per heavy atom. The van der Waals surface area contributed by atoms with Gasteiger partial charge >= 0.3 is 0 Å². The zero-order valence-electron chi connectivity index (χ0n) is 19.2. The van der Waals surface area contributed by atoms with Crippen LogP contribution in [0.3, 0.4) is 0 Å². The molecule has 0 saturated carbocycles. The van der Waals surface area contributed by atoms with E-state index in [2.05, 4.69) is 10.3 Å². The molecule has 178 valence electrons. The summed E-state index contributed by atoms with van der Waals surface area (Å²) in [5.74, 6) is 3.45. The Bertz CT molecular complexity index is 1380. The Morgan fingerprint density at radius 1 is 0.943 bits per heavy atom. The molecule has 8 nitrogen and oxygen atoms in total. The second-order valence-corrected chi connectivity index (χ2v) is 9.21. The molecule has 1 aromatic heterocycles. The number of imide groups is 1. The zero-order chi connectivity index (χ0) is 24.4. The van der Waals surface area contributed by atoms with Gasteiger partial charge in [0.05, 0.1) is 23.4 Å². The molecule has 1 aliphatic heterocycles. The van der Waals surface area contributed by atoms with E-state index in [0.717, 1.165) is 45.7 Å². The number of ether oxygens (including phenoxy) is 3. The maximum absolute atomic E-state index is 11.8. The summed E-state index contributed by atoms with van der Waals surface area (Å²) in [6.07, 6.45) is 0.494. The molecule has 5 rings (SSSR count). The van der Waals surface area contributed by atoms with Crippen molar-refractivity contribution in [2.45, 2.75) is 18.3 Å². The van der Waals surface area contributed by atoms with E-state index in [9.17, 15) is 9.59 Å². The number of benzene rings is 3. The number of carbonyl (C=O) groups excluding carboxylic acids is 2. The van der Waals surface area contributed by atoms with Crippen LogP contribution in [0.2, 0.25) is 0 Å². The van der Waals surface area contributed by atoms with Crippen LogP contribution < -0.4 is 19.5 Å². The fraction of sp³-hybridized carbons (Fsp3) is 0.192. The Hall–Kier alpha value is -3.98. The normalized spacial score (nSPS) is 15.3. The summed E-state index contributed by atoms with van der Waals surface area (Å²) in [6, 6.07) is 20.7. The van der Waals surface area contributed by atoms with Gasteiger partial charge in [-0.05, 0) is 60.5 Å². The first-order valence-electron chi connectivity index (χ1n) is 11.0. The number of amides is 2. The number of aromatic nitrogens is 2. The van der Waals surface area contributed by atoms with E-state index < -0.39 is 0 Å². The van der Waals surface area contributed by atoms with E-state index in [-0.39, 0.29) is 16.4 Å². The number of methoxy groups -OCH3 is 1. The molecule has 2 amide bonds. The first kappa shape index (κ1) is 22.8. The van der Waals surface area contributed by atoms with Crippen molar-refractivity contribution >= 4 is 33.9 Å². The summed E-state index contributed by atoms with van der Waals surface area (Å²) >= 11 is 1.03. The number of nitrogens with zero attached hydrogens (tertiary/aromatic N) is 2. The van der Waals surface area contributed by atoms with Gasteiger partial charge in [-0.3, -0.25) is 14.9 Å². The van der Waals surface area contributed by atoms with Gasteiger partial charge in [-0.2, -0.15) is 0 Å². The highest BCUT2D eigenvalue weighted by Gasteiger charge is 2.31. The second-order valence-electron chi connectivity index (χ2n) is 8.04. The van der Waals surface area contributed by atoms with Crippen LogP contribution >= 0.6 is 11.8 Å². The predicted octanol–water partition coefficient (Wildman–Crippen LogP) is 4.85. The van der Waals surface area contributed by atoms with Gasteiger partial charge in [0.25, 0.3) is 5.24 Å². The van der Waals surface area contributed by atoms with E-state index in [1.165, 1.54) is 0 Å². The highest BCUT2D eigenvalue weighted by molar-refractivity contribution is 8.15. The van der Waals surface area contributed by atoms with E-state index in [1.54, 1.807) is 7.11 Å². The van der Waals surface area contributed by atoms with Crippen LogP contribution in [-0.4, -0.2) is 33.1 Å². The Kier molecular flexibility index (Phi) is 6.33. The highest BCUT2D eigenvalue weighted by Crippen LogP contribution is 2.28. The predicted molar refractivity (Wildman–Crippen MR) is 133 cm³/mol. The van der Waals surface area contributed by atoms with Crippen molar-refractivity contribution in [1.29, 1.82) is 0 Å². The molecule has 0 radical (unpaired) electrons. The lowest BCUT2D eigenvalue weighted by molar-refractivity contribution is -0.118. The van der Waals surface area contributed by atoms with Crippen molar-refractivity contribution in [3.05, 3.63) is 78.1 Å². The molecule has 1 saturated heterocycles. The number of aryl methyl sites for hydroxylation is 1. The van der Waals surface area contributed by atoms with Crippen LogP contribution in [0, 0.1) is 0 Å². The summed E-state index contributed by atoms with van der Waals surface area (Å²) in [6.45, 7) is 0.300. The number of rotatable bonds is 8. The zero-order valence-corrected chi connectivity index (χ0v) is 20.0. The van der Waals surface area contributed by atoms with Crippen LogP contribution in [0.5, 0.6) is 23.0 Å². The molecule has 1 N–H and O–H groups in total. The molecular formula is C26H23N3O5S. The van der Waals surface area contributed by atoms with Crippen LogP contribution in [0.15, 0.2) is 66.7 Å². The topological polar surface area (TPSA) is 91.7 Å². The minimum absolute atomic E-state index is 0.236. The molecule has 2 heterocycles. The fourth-order valence-electron chi connectivity index (χ4n) is 3.80. The fourth-order valence-corrected chi connectivity index (χ4v) is 4.66. The lowest BCUT2D eigenvalue weighted by atomic mass is 10.1. The lowest BCUT2D eigenvalue weighted by Gasteiger charge is -2.09. The van der Waals surface area contributed by atoms with Crippen molar-refractivity contribution in [2.75, 3.05) is 7.11 Å². The highest BCUT2D eigenvalue weighted by atomic mass is 32.2. The largest absolute Gasteiger partial charge is 0.497 e. The average molecular weight is 490 g/mol. The van der Waals surface area contributed by atoms with Gasteiger partial charge in [0, 0.05) is 13.1 Å². The van der Waals surface area contributed by atoms with Crippen LogP contribution in [-0.2, 0) is 24.9 Å². The summed E-state index contributed by atoms with van der Waals surface area (Å²) in [5.41, 5.74) is 2.75. The third-order valence-electron chi connectivity index (χ3n) is 5.72. The molecule has 1 aliphatic rings. The molecule has 3 aromatic carbocycles. The van der Waals surface area contributed by atoms with Crippen LogP contribution in [0.1, 0.15) is 11.4 Å². The Labute approximate surface area is 206 Å². The minimum atomic E-state index is -0.382. The Balaban J connectivity index is 1.23. The van der Waals surface area contributed by atoms with E-state index in [1.807, 2.05) is 78.3 Å². The van der Waals surface area contributed by atoms with Gasteiger partial charge in [0.2, 0.25) is 5.91 Å². The SMILES string of the molecule is COc1ccc(Oc2ccc3nc(COc4ccc(CC5SC(=O)NC5=O)cc4)n(C)c3c2)cc1. The van der Waals surface area contributed by atoms with Crippen molar-refractivity contribution in [3.63, 3.8) is 0 Å². The third-order valence-corrected chi connectivity index (χ3v) is 6.70. The number of nitrogens with one attached hydrogen (secondary N) is 1. The van der Waals surface area contributed by atoms with E-state index in [4.69, 9.17) is 14.2 Å². The number of carbonyl (C=O) groups is 2. The van der Waals surface area contributed by atoms with Gasteiger partial charge in [-0.1, -0.05) is 23.9 Å². The summed E-state index contributed by atoms with van der Waals surface area (Å²) in [4.78, 5) is 27.8.